The van der Waals surface area contributed by atoms with Crippen molar-refractivity contribution in [3.8, 4) is 0 Å². The highest BCUT2D eigenvalue weighted by atomic mass is 16.6. The van der Waals surface area contributed by atoms with Gasteiger partial charge in [0.15, 0.2) is 0 Å². The number of ether oxygens (including phenoxy) is 1. The van der Waals surface area contributed by atoms with Crippen LogP contribution in [-0.4, -0.2) is 23.3 Å². The van der Waals surface area contributed by atoms with Crippen LogP contribution in [0.5, 0.6) is 0 Å². The Morgan fingerprint density at radius 3 is 1.92 bits per heavy atom. The molecule has 144 valence electrons. The Kier molecular flexibility index (Phi) is 15.1. The highest BCUT2D eigenvalue weighted by molar-refractivity contribution is 5.66. The molecule has 0 aromatic carbocycles. The lowest BCUT2D eigenvalue weighted by molar-refractivity contribution is -0.151. The Bertz CT molecular complexity index is 476. The van der Waals surface area contributed by atoms with E-state index in [0.717, 1.165) is 25.7 Å². The molecule has 0 aliphatic rings. The van der Waals surface area contributed by atoms with Gasteiger partial charge in [0, 0.05) is 6.92 Å². The van der Waals surface area contributed by atoms with Gasteiger partial charge in [-0.1, -0.05) is 41.5 Å². The third-order valence-corrected chi connectivity index (χ3v) is 3.53. The first kappa shape index (κ1) is 25.6. The van der Waals surface area contributed by atoms with E-state index in [4.69, 9.17) is 9.84 Å². The maximum atomic E-state index is 10.8. The van der Waals surface area contributed by atoms with Crippen molar-refractivity contribution in [1.82, 2.24) is 0 Å². The van der Waals surface area contributed by atoms with Crippen molar-refractivity contribution in [3.05, 3.63) is 47.6 Å². The summed E-state index contributed by atoms with van der Waals surface area (Å²) in [4.78, 5) is 10.8. The zero-order valence-corrected chi connectivity index (χ0v) is 17.3. The summed E-state index contributed by atoms with van der Waals surface area (Å²) < 4.78 is 5.18. The lowest BCUT2D eigenvalue weighted by atomic mass is 9.99. The van der Waals surface area contributed by atoms with E-state index in [9.17, 15) is 4.79 Å². The van der Waals surface area contributed by atoms with Gasteiger partial charge in [0.25, 0.3) is 0 Å². The van der Waals surface area contributed by atoms with Crippen molar-refractivity contribution in [2.75, 3.05) is 6.61 Å². The van der Waals surface area contributed by atoms with E-state index >= 15 is 0 Å². The Balaban J connectivity index is 0. The molecule has 0 radical (unpaired) electrons. The summed E-state index contributed by atoms with van der Waals surface area (Å²) in [5, 5.41) is 8.55. The van der Waals surface area contributed by atoms with Crippen LogP contribution in [-0.2, 0) is 9.53 Å². The van der Waals surface area contributed by atoms with Crippen molar-refractivity contribution < 1.29 is 14.6 Å². The smallest absolute Gasteiger partial charge is 0.303 e. The minimum absolute atomic E-state index is 0.167. The quantitative estimate of drug-likeness (QED) is 0.415. The molecule has 0 aliphatic heterocycles. The predicted molar refractivity (Wildman–Crippen MR) is 109 cm³/mol. The fourth-order valence-electron chi connectivity index (χ4n) is 2.02. The van der Waals surface area contributed by atoms with Crippen LogP contribution in [0.25, 0.3) is 0 Å². The molecule has 0 bridgehead atoms. The van der Waals surface area contributed by atoms with Gasteiger partial charge in [-0.25, -0.2) is 0 Å². The van der Waals surface area contributed by atoms with Crippen LogP contribution in [0.15, 0.2) is 47.6 Å². The van der Waals surface area contributed by atoms with Gasteiger partial charge in [0.05, 0.1) is 6.61 Å². The van der Waals surface area contributed by atoms with E-state index in [0.29, 0.717) is 0 Å². The first-order valence-corrected chi connectivity index (χ1v) is 8.92. The second kappa shape index (κ2) is 14.7. The van der Waals surface area contributed by atoms with E-state index in [-0.39, 0.29) is 12.6 Å². The molecular weight excluding hydrogens is 312 g/mol. The van der Waals surface area contributed by atoms with E-state index in [2.05, 4.69) is 53.3 Å². The fourth-order valence-corrected chi connectivity index (χ4v) is 2.02. The van der Waals surface area contributed by atoms with Gasteiger partial charge in [-0.2, -0.15) is 0 Å². The highest BCUT2D eigenvalue weighted by Gasteiger charge is 2.22. The van der Waals surface area contributed by atoms with Crippen LogP contribution in [0.1, 0.15) is 74.1 Å². The fraction of sp³-hybridized carbons (Fsp3) is 0.591. The molecule has 1 unspecified atom stereocenters. The van der Waals surface area contributed by atoms with Crippen molar-refractivity contribution in [2.24, 2.45) is 0 Å². The lowest BCUT2D eigenvalue weighted by Gasteiger charge is -2.24. The molecule has 0 saturated heterocycles. The number of hydrogen-bond acceptors (Lipinski definition) is 3. The lowest BCUT2D eigenvalue weighted by Crippen LogP contribution is -2.27. The first-order chi connectivity index (χ1) is 11.6. The van der Waals surface area contributed by atoms with Crippen molar-refractivity contribution >= 4 is 5.97 Å². The van der Waals surface area contributed by atoms with E-state index in [1.54, 1.807) is 6.08 Å². The molecule has 0 amide bonds. The number of rotatable bonds is 9. The van der Waals surface area contributed by atoms with Crippen LogP contribution in [0.4, 0.5) is 0 Å². The number of hydrogen-bond donors (Lipinski definition) is 1. The highest BCUT2D eigenvalue weighted by Crippen LogP contribution is 2.19. The molecular formula is C22H38O3. The van der Waals surface area contributed by atoms with Crippen LogP contribution in [0.2, 0.25) is 0 Å². The molecule has 0 aromatic rings. The van der Waals surface area contributed by atoms with Gasteiger partial charge < -0.3 is 9.84 Å². The van der Waals surface area contributed by atoms with E-state index in [1.807, 2.05) is 13.0 Å². The number of allylic oxidation sites excluding steroid dienone is 5. The molecule has 0 rings (SSSR count). The molecule has 3 heteroatoms. The Hall–Kier alpha value is -1.61. The maximum Gasteiger partial charge on any atom is 0.303 e. The monoisotopic (exact) mass is 350 g/mol. The Labute approximate surface area is 155 Å². The molecule has 0 aromatic heterocycles. The van der Waals surface area contributed by atoms with Gasteiger partial charge >= 0.3 is 5.97 Å². The largest absolute Gasteiger partial charge is 0.455 e. The molecule has 1 N–H and O–H groups in total. The van der Waals surface area contributed by atoms with Gasteiger partial charge in [0.1, 0.15) is 5.60 Å². The molecule has 25 heavy (non-hydrogen) atoms. The molecule has 0 saturated carbocycles. The average molecular weight is 351 g/mol. The van der Waals surface area contributed by atoms with Crippen molar-refractivity contribution in [1.29, 1.82) is 0 Å². The Morgan fingerprint density at radius 2 is 1.52 bits per heavy atom. The minimum Gasteiger partial charge on any atom is -0.455 e. The number of aliphatic hydroxyl groups excluding tert-OH is 1. The van der Waals surface area contributed by atoms with Gasteiger partial charge in [-0.3, -0.25) is 4.79 Å². The van der Waals surface area contributed by atoms with Crippen molar-refractivity contribution in [2.45, 2.75) is 79.8 Å². The topological polar surface area (TPSA) is 46.5 Å². The number of carbonyl (C=O) groups excluding carboxylic acids is 1. The second-order valence-corrected chi connectivity index (χ2v) is 6.98. The van der Waals surface area contributed by atoms with Gasteiger partial charge in [0.2, 0.25) is 0 Å². The van der Waals surface area contributed by atoms with E-state index in [1.165, 1.54) is 23.6 Å². The third kappa shape index (κ3) is 18.6. The standard InChI is InChI=1S/C12H20O2.C10H18O/c1-6-12(5,14-11(4)13)9-7-8-10(2)3;1-9(2)5-4-6-10(3)7-8-11/h6,8H,1,7,9H2,2-5H3;5,7,11H,4,6,8H2,1-3H3/b;10-7+. The van der Waals surface area contributed by atoms with Crippen LogP contribution >= 0.6 is 0 Å². The van der Waals surface area contributed by atoms with Crippen molar-refractivity contribution in [3.63, 3.8) is 0 Å². The molecule has 3 nitrogen and oxygen atoms in total. The van der Waals surface area contributed by atoms with E-state index < -0.39 is 5.60 Å². The summed E-state index contributed by atoms with van der Waals surface area (Å²) in [5.74, 6) is -0.260. The Morgan fingerprint density at radius 1 is 1.00 bits per heavy atom. The average Bonchev–Trinajstić information content (AvgIpc) is 2.46. The summed E-state index contributed by atoms with van der Waals surface area (Å²) >= 11 is 0. The summed E-state index contributed by atoms with van der Waals surface area (Å²) in [7, 11) is 0. The van der Waals surface area contributed by atoms with Crippen LogP contribution in [0.3, 0.4) is 0 Å². The van der Waals surface area contributed by atoms with Gasteiger partial charge in [-0.15, -0.1) is 0 Å². The molecule has 0 spiro atoms. The number of esters is 1. The zero-order chi connectivity index (χ0) is 19.9. The normalized spacial score (nSPS) is 12.9. The SMILES string of the molecule is C=CC(C)(CCC=C(C)C)OC(C)=O.CC(C)=CCC/C(C)=C/CO. The summed E-state index contributed by atoms with van der Waals surface area (Å²) in [5.41, 5.74) is 3.38. The molecule has 0 heterocycles. The zero-order valence-electron chi connectivity index (χ0n) is 17.3. The number of carbonyl (C=O) groups is 1. The summed E-state index contributed by atoms with van der Waals surface area (Å²) in [6, 6.07) is 0. The molecule has 0 aliphatic carbocycles. The van der Waals surface area contributed by atoms with Crippen LogP contribution in [0, 0.1) is 0 Å². The second-order valence-electron chi connectivity index (χ2n) is 6.98. The number of aliphatic hydroxyl groups is 1. The van der Waals surface area contributed by atoms with Crippen LogP contribution < -0.4 is 0 Å². The summed E-state index contributed by atoms with van der Waals surface area (Å²) in [6.45, 7) is 17.5. The third-order valence-electron chi connectivity index (χ3n) is 3.53. The maximum absolute atomic E-state index is 10.8. The first-order valence-electron chi connectivity index (χ1n) is 8.92. The predicted octanol–water partition coefficient (Wildman–Crippen LogP) is 5.91. The minimum atomic E-state index is -0.530. The van der Waals surface area contributed by atoms with Gasteiger partial charge in [-0.05, 0) is 73.3 Å². The molecule has 1 atom stereocenters. The summed E-state index contributed by atoms with van der Waals surface area (Å²) in [6.07, 6.45) is 11.7. The molecule has 0 fully saturated rings.